The highest BCUT2D eigenvalue weighted by Gasteiger charge is 2.32. The first kappa shape index (κ1) is 21.4. The van der Waals surface area contributed by atoms with Crippen LogP contribution in [-0.4, -0.2) is 60.9 Å². The van der Waals surface area contributed by atoms with E-state index >= 15 is 0 Å². The van der Waals surface area contributed by atoms with E-state index in [1.807, 2.05) is 4.68 Å². The number of nitrogens with one attached hydrogen (secondary N) is 2. The molecular weight excluding hydrogens is 425 g/mol. The van der Waals surface area contributed by atoms with Crippen LogP contribution in [0.4, 0.5) is 10.2 Å². The molecule has 0 aromatic carbocycles. The number of nitrogens with two attached hydrogens (primary N) is 1. The molecule has 0 radical (unpaired) electrons. The van der Waals surface area contributed by atoms with Gasteiger partial charge in [0, 0.05) is 38.3 Å². The zero-order chi connectivity index (χ0) is 23.2. The van der Waals surface area contributed by atoms with Crippen molar-refractivity contribution in [2.75, 3.05) is 18.8 Å². The lowest BCUT2D eigenvalue weighted by Crippen LogP contribution is -2.49. The van der Waals surface area contributed by atoms with Crippen LogP contribution in [0, 0.1) is 5.41 Å². The summed E-state index contributed by atoms with van der Waals surface area (Å²) < 4.78 is 15.6. The molecule has 1 fully saturated rings. The Kier molecular flexibility index (Phi) is 5.28. The van der Waals surface area contributed by atoms with Crippen LogP contribution in [0.25, 0.3) is 22.8 Å². The van der Waals surface area contributed by atoms with Crippen molar-refractivity contribution in [2.45, 2.75) is 45.4 Å². The molecule has 0 spiro atoms. The van der Waals surface area contributed by atoms with Gasteiger partial charge in [-0.15, -0.1) is 0 Å². The molecule has 0 aliphatic carbocycles. The molecule has 10 nitrogen and oxygen atoms in total. The van der Waals surface area contributed by atoms with E-state index in [0.717, 1.165) is 24.2 Å². The van der Waals surface area contributed by atoms with Gasteiger partial charge < -0.3 is 16.4 Å². The third kappa shape index (κ3) is 4.28. The molecule has 0 unspecified atom stereocenters. The minimum atomic E-state index is -1.01. The third-order valence-electron chi connectivity index (χ3n) is 5.98. The van der Waals surface area contributed by atoms with Gasteiger partial charge in [0.05, 0.1) is 29.3 Å². The summed E-state index contributed by atoms with van der Waals surface area (Å²) in [4.78, 5) is 30.4. The van der Waals surface area contributed by atoms with Crippen LogP contribution in [0.3, 0.4) is 0 Å². The van der Waals surface area contributed by atoms with Gasteiger partial charge in [0.2, 0.25) is 0 Å². The zero-order valence-corrected chi connectivity index (χ0v) is 18.5. The number of carbonyl (C=O) groups excluding carboxylic acids is 1. The molecular formula is C22H26FN9O. The first-order valence-electron chi connectivity index (χ1n) is 11.0. The minimum absolute atomic E-state index is 0.00258. The minimum Gasteiger partial charge on any atom is -0.382 e. The Morgan fingerprint density at radius 3 is 2.91 bits per heavy atom. The first-order valence-corrected chi connectivity index (χ1v) is 11.0. The molecule has 2 aliphatic heterocycles. The number of hydrogen-bond donors (Lipinski definition) is 3. The van der Waals surface area contributed by atoms with Gasteiger partial charge in [-0.3, -0.25) is 9.48 Å². The van der Waals surface area contributed by atoms with Crippen molar-refractivity contribution < 1.29 is 9.18 Å². The molecule has 5 heterocycles. The summed E-state index contributed by atoms with van der Waals surface area (Å²) in [7, 11) is 0. The molecule has 3 aromatic heterocycles. The fourth-order valence-electron chi connectivity index (χ4n) is 4.41. The molecule has 0 bridgehead atoms. The second kappa shape index (κ2) is 8.14. The molecule has 33 heavy (non-hydrogen) atoms. The lowest BCUT2D eigenvalue weighted by molar-refractivity contribution is 0.0914. The van der Waals surface area contributed by atoms with E-state index in [9.17, 15) is 9.18 Å². The average molecular weight is 452 g/mol. The van der Waals surface area contributed by atoms with Crippen LogP contribution < -0.4 is 16.4 Å². The Morgan fingerprint density at radius 1 is 1.24 bits per heavy atom. The van der Waals surface area contributed by atoms with Gasteiger partial charge in [0.15, 0.2) is 17.3 Å². The SMILES string of the molecule is CC1(C)Cc2c(-c3nccc(-c4cnc(N)c(C(=O)N[C@@H]5CNC[C@@H](F)C5)n4)n3)cnn2C1. The summed E-state index contributed by atoms with van der Waals surface area (Å²) in [5, 5.41) is 10.2. The summed E-state index contributed by atoms with van der Waals surface area (Å²) in [5.41, 5.74) is 8.95. The van der Waals surface area contributed by atoms with Crippen LogP contribution in [-0.2, 0) is 13.0 Å². The number of nitrogen functional groups attached to an aromatic ring is 1. The Hall–Kier alpha value is -3.47. The van der Waals surface area contributed by atoms with Crippen LogP contribution >= 0.6 is 0 Å². The number of rotatable bonds is 4. The number of alkyl halides is 1. The maximum atomic E-state index is 13.6. The van der Waals surface area contributed by atoms with Crippen molar-refractivity contribution in [3.63, 3.8) is 0 Å². The van der Waals surface area contributed by atoms with Gasteiger partial charge in [-0.25, -0.2) is 24.3 Å². The molecule has 1 amide bonds. The lowest BCUT2D eigenvalue weighted by Gasteiger charge is -2.26. The number of nitrogens with zero attached hydrogens (tertiary/aromatic N) is 6. The normalized spacial score (nSPS) is 21.5. The summed E-state index contributed by atoms with van der Waals surface area (Å²) in [6.45, 7) is 6.04. The molecule has 1 saturated heterocycles. The Balaban J connectivity index is 1.41. The summed E-state index contributed by atoms with van der Waals surface area (Å²) in [5.74, 6) is 0.0508. The number of halogens is 1. The Morgan fingerprint density at radius 2 is 2.09 bits per heavy atom. The Labute approximate surface area is 190 Å². The molecule has 3 aromatic rings. The van der Waals surface area contributed by atoms with Crippen molar-refractivity contribution in [3.05, 3.63) is 36.0 Å². The molecule has 172 valence electrons. The smallest absolute Gasteiger partial charge is 0.274 e. The van der Waals surface area contributed by atoms with Crippen LogP contribution in [0.2, 0.25) is 0 Å². The molecule has 11 heteroatoms. The average Bonchev–Trinajstić information content (AvgIpc) is 3.29. The molecule has 2 atom stereocenters. The summed E-state index contributed by atoms with van der Waals surface area (Å²) in [6, 6.07) is 1.36. The van der Waals surface area contributed by atoms with Crippen molar-refractivity contribution in [1.82, 2.24) is 40.3 Å². The van der Waals surface area contributed by atoms with Crippen molar-refractivity contribution in [3.8, 4) is 22.8 Å². The van der Waals surface area contributed by atoms with E-state index in [1.165, 1.54) is 6.20 Å². The van der Waals surface area contributed by atoms with Crippen molar-refractivity contribution in [2.24, 2.45) is 5.41 Å². The first-order chi connectivity index (χ1) is 15.8. The number of amides is 1. The number of fused-ring (bicyclic) bond motifs is 1. The van der Waals surface area contributed by atoms with Gasteiger partial charge in [-0.05, 0) is 17.9 Å². The molecule has 5 rings (SSSR count). The topological polar surface area (TPSA) is 137 Å². The quantitative estimate of drug-likeness (QED) is 0.541. The van der Waals surface area contributed by atoms with E-state index in [2.05, 4.69) is 49.5 Å². The fourth-order valence-corrected chi connectivity index (χ4v) is 4.41. The lowest BCUT2D eigenvalue weighted by atomic mass is 9.90. The van der Waals surface area contributed by atoms with Gasteiger partial charge in [0.25, 0.3) is 5.91 Å². The van der Waals surface area contributed by atoms with Crippen molar-refractivity contribution >= 4 is 11.7 Å². The number of anilines is 1. The summed E-state index contributed by atoms with van der Waals surface area (Å²) >= 11 is 0. The number of aromatic nitrogens is 6. The number of hydrogen-bond acceptors (Lipinski definition) is 8. The second-order valence-electron chi connectivity index (χ2n) is 9.42. The van der Waals surface area contributed by atoms with Crippen LogP contribution in [0.1, 0.15) is 36.5 Å². The summed E-state index contributed by atoms with van der Waals surface area (Å²) in [6.07, 6.45) is 5.03. The van der Waals surface area contributed by atoms with Gasteiger partial charge >= 0.3 is 0 Å². The predicted molar refractivity (Wildman–Crippen MR) is 120 cm³/mol. The predicted octanol–water partition coefficient (Wildman–Crippen LogP) is 1.39. The maximum absolute atomic E-state index is 13.6. The van der Waals surface area contributed by atoms with Gasteiger partial charge in [-0.2, -0.15) is 5.10 Å². The molecule has 4 N–H and O–H groups in total. The van der Waals surface area contributed by atoms with Gasteiger partial charge in [0.1, 0.15) is 11.9 Å². The van der Waals surface area contributed by atoms with E-state index < -0.39 is 12.1 Å². The number of piperidine rings is 1. The second-order valence-corrected chi connectivity index (χ2v) is 9.42. The highest BCUT2D eigenvalue weighted by atomic mass is 19.1. The number of carbonyl (C=O) groups is 1. The van der Waals surface area contributed by atoms with E-state index in [0.29, 0.717) is 23.8 Å². The van der Waals surface area contributed by atoms with Crippen LogP contribution in [0.5, 0.6) is 0 Å². The van der Waals surface area contributed by atoms with E-state index in [-0.39, 0.29) is 35.9 Å². The van der Waals surface area contributed by atoms with Crippen LogP contribution in [0.15, 0.2) is 24.7 Å². The largest absolute Gasteiger partial charge is 0.382 e. The molecule has 0 saturated carbocycles. The van der Waals surface area contributed by atoms with Crippen molar-refractivity contribution in [1.29, 1.82) is 0 Å². The fraction of sp³-hybridized carbons (Fsp3) is 0.455. The maximum Gasteiger partial charge on any atom is 0.274 e. The molecule has 2 aliphatic rings. The zero-order valence-electron chi connectivity index (χ0n) is 18.5. The third-order valence-corrected chi connectivity index (χ3v) is 5.98. The standard InChI is InChI=1S/C22H26FN9O/c1-22(2)6-17-14(9-28-32(17)11-22)20-26-4-3-15(31-20)16-10-27-19(24)18(30-16)21(33)29-13-5-12(23)7-25-8-13/h3-4,9-10,12-13,25H,5-8,11H2,1-2H3,(H2,24,27)(H,29,33)/t12-,13-/m0/s1. The highest BCUT2D eigenvalue weighted by molar-refractivity contribution is 5.97. The van der Waals surface area contributed by atoms with Gasteiger partial charge in [-0.1, -0.05) is 13.8 Å². The van der Waals surface area contributed by atoms with E-state index in [1.54, 1.807) is 18.5 Å². The highest BCUT2D eigenvalue weighted by Crippen LogP contribution is 2.36. The monoisotopic (exact) mass is 451 g/mol. The Bertz CT molecular complexity index is 1210. The van der Waals surface area contributed by atoms with E-state index in [4.69, 9.17) is 5.73 Å².